The second-order valence-corrected chi connectivity index (χ2v) is 3.19. The van der Waals surface area contributed by atoms with Gasteiger partial charge in [0.1, 0.15) is 5.58 Å². The summed E-state index contributed by atoms with van der Waals surface area (Å²) in [7, 11) is 0. The summed E-state index contributed by atoms with van der Waals surface area (Å²) >= 11 is 0. The van der Waals surface area contributed by atoms with Gasteiger partial charge < -0.3 is 9.52 Å². The molecule has 0 aliphatic heterocycles. The second kappa shape index (κ2) is 3.57. The van der Waals surface area contributed by atoms with Crippen LogP contribution in [0.1, 0.15) is 5.56 Å². The predicted molar refractivity (Wildman–Crippen MR) is 53.8 cm³/mol. The highest BCUT2D eigenvalue weighted by Gasteiger charge is 2.04. The van der Waals surface area contributed by atoms with Crippen LogP contribution >= 0.6 is 0 Å². The maximum absolute atomic E-state index is 11.4. The number of aliphatic carboxylic acids is 1. The lowest BCUT2D eigenvalue weighted by Gasteiger charge is -1.99. The minimum Gasteiger partial charge on any atom is -0.481 e. The number of fused-ring (bicyclic) bond motifs is 1. The maximum atomic E-state index is 11.4. The van der Waals surface area contributed by atoms with Crippen LogP contribution in [0.25, 0.3) is 11.0 Å². The molecule has 2 rings (SSSR count). The van der Waals surface area contributed by atoms with Crippen LogP contribution in [0.15, 0.2) is 39.7 Å². The topological polar surface area (TPSA) is 67.5 Å². The van der Waals surface area contributed by atoms with E-state index in [1.165, 1.54) is 12.3 Å². The molecule has 0 spiro atoms. The van der Waals surface area contributed by atoms with Crippen molar-refractivity contribution in [2.24, 2.45) is 0 Å². The molecule has 0 unspecified atom stereocenters. The van der Waals surface area contributed by atoms with E-state index in [9.17, 15) is 9.59 Å². The van der Waals surface area contributed by atoms with Gasteiger partial charge in [-0.3, -0.25) is 9.59 Å². The van der Waals surface area contributed by atoms with Gasteiger partial charge in [-0.05, 0) is 17.7 Å². The largest absolute Gasteiger partial charge is 0.481 e. The van der Waals surface area contributed by atoms with Crippen molar-refractivity contribution in [2.75, 3.05) is 0 Å². The fourth-order valence-electron chi connectivity index (χ4n) is 1.42. The molecule has 1 N–H and O–H groups in total. The molecule has 0 saturated heterocycles. The Hall–Kier alpha value is -2.10. The van der Waals surface area contributed by atoms with E-state index in [4.69, 9.17) is 9.52 Å². The fraction of sp³-hybridized carbons (Fsp3) is 0.0909. The zero-order valence-electron chi connectivity index (χ0n) is 7.77. The normalized spacial score (nSPS) is 10.4. The molecule has 1 aromatic carbocycles. The molecule has 1 heterocycles. The molecule has 0 radical (unpaired) electrons. The zero-order valence-corrected chi connectivity index (χ0v) is 7.77. The van der Waals surface area contributed by atoms with E-state index >= 15 is 0 Å². The molecule has 2 aromatic rings. The first-order valence-electron chi connectivity index (χ1n) is 4.39. The summed E-state index contributed by atoms with van der Waals surface area (Å²) in [5.74, 6) is -0.922. The molecule has 0 fully saturated rings. The van der Waals surface area contributed by atoms with Crippen LogP contribution in [0.4, 0.5) is 0 Å². The molecule has 4 heteroatoms. The van der Waals surface area contributed by atoms with Crippen molar-refractivity contribution in [3.8, 4) is 0 Å². The van der Waals surface area contributed by atoms with Gasteiger partial charge >= 0.3 is 5.97 Å². The van der Waals surface area contributed by atoms with Crippen LogP contribution in [-0.2, 0) is 11.2 Å². The highest BCUT2D eigenvalue weighted by atomic mass is 16.4. The van der Waals surface area contributed by atoms with Crippen molar-refractivity contribution in [3.05, 3.63) is 46.3 Å². The summed E-state index contributed by atoms with van der Waals surface area (Å²) in [6.45, 7) is 0. The second-order valence-electron chi connectivity index (χ2n) is 3.19. The van der Waals surface area contributed by atoms with E-state index in [0.29, 0.717) is 16.5 Å². The third kappa shape index (κ3) is 1.88. The monoisotopic (exact) mass is 204 g/mol. The molecular formula is C11H8O4. The smallest absolute Gasteiger partial charge is 0.307 e. The van der Waals surface area contributed by atoms with Gasteiger partial charge in [0.15, 0.2) is 5.43 Å². The Kier molecular flexibility index (Phi) is 2.25. The van der Waals surface area contributed by atoms with Crippen LogP contribution in [0.5, 0.6) is 0 Å². The van der Waals surface area contributed by atoms with Gasteiger partial charge in [-0.2, -0.15) is 0 Å². The van der Waals surface area contributed by atoms with Crippen molar-refractivity contribution >= 4 is 16.9 Å². The average molecular weight is 204 g/mol. The third-order valence-electron chi connectivity index (χ3n) is 2.08. The van der Waals surface area contributed by atoms with Crippen LogP contribution in [0.2, 0.25) is 0 Å². The number of carboxylic acid groups (broad SMARTS) is 1. The van der Waals surface area contributed by atoms with Crippen LogP contribution in [-0.4, -0.2) is 11.1 Å². The first-order chi connectivity index (χ1) is 7.16. The molecule has 0 atom stereocenters. The van der Waals surface area contributed by atoms with E-state index in [-0.39, 0.29) is 11.8 Å². The van der Waals surface area contributed by atoms with Gasteiger partial charge in [0.05, 0.1) is 18.1 Å². The van der Waals surface area contributed by atoms with E-state index < -0.39 is 5.97 Å². The Labute approximate surface area is 84.8 Å². The quantitative estimate of drug-likeness (QED) is 0.803. The lowest BCUT2D eigenvalue weighted by Crippen LogP contribution is -2.02. The van der Waals surface area contributed by atoms with E-state index in [2.05, 4.69) is 0 Å². The first kappa shape index (κ1) is 9.45. The Morgan fingerprint density at radius 1 is 1.33 bits per heavy atom. The number of benzene rings is 1. The minimum absolute atomic E-state index is 0.0930. The summed E-state index contributed by atoms with van der Waals surface area (Å²) in [4.78, 5) is 21.9. The first-order valence-corrected chi connectivity index (χ1v) is 4.39. The van der Waals surface area contributed by atoms with Crippen molar-refractivity contribution in [3.63, 3.8) is 0 Å². The summed E-state index contributed by atoms with van der Waals surface area (Å²) in [5.41, 5.74) is 0.897. The van der Waals surface area contributed by atoms with E-state index in [1.807, 2.05) is 0 Å². The van der Waals surface area contributed by atoms with Crippen LogP contribution < -0.4 is 5.43 Å². The van der Waals surface area contributed by atoms with Gasteiger partial charge in [0.25, 0.3) is 0 Å². The lowest BCUT2D eigenvalue weighted by molar-refractivity contribution is -0.136. The fourth-order valence-corrected chi connectivity index (χ4v) is 1.42. The van der Waals surface area contributed by atoms with Crippen molar-refractivity contribution in [1.82, 2.24) is 0 Å². The summed E-state index contributed by atoms with van der Waals surface area (Å²) in [5, 5.41) is 9.02. The molecule has 76 valence electrons. The summed E-state index contributed by atoms with van der Waals surface area (Å²) in [6, 6.07) is 6.11. The van der Waals surface area contributed by atoms with Crippen LogP contribution in [0.3, 0.4) is 0 Å². The highest BCUT2D eigenvalue weighted by Crippen LogP contribution is 2.12. The van der Waals surface area contributed by atoms with Gasteiger partial charge in [-0.15, -0.1) is 0 Å². The Bertz CT molecular complexity index is 568. The number of hydrogen-bond acceptors (Lipinski definition) is 3. The highest BCUT2D eigenvalue weighted by molar-refractivity contribution is 5.79. The molecule has 0 bridgehead atoms. The number of carboxylic acids is 1. The molecule has 0 aliphatic carbocycles. The summed E-state index contributed by atoms with van der Waals surface area (Å²) in [6.07, 6.45) is 1.23. The van der Waals surface area contributed by atoms with Crippen molar-refractivity contribution in [2.45, 2.75) is 6.42 Å². The van der Waals surface area contributed by atoms with Gasteiger partial charge in [-0.25, -0.2) is 0 Å². The Morgan fingerprint density at radius 2 is 2.13 bits per heavy atom. The number of carbonyl (C=O) groups is 1. The van der Waals surface area contributed by atoms with Gasteiger partial charge in [0, 0.05) is 6.07 Å². The SMILES string of the molecule is O=C(O)Cc1ccc2occc(=O)c2c1. The summed E-state index contributed by atoms with van der Waals surface area (Å²) < 4.78 is 5.11. The molecule has 4 nitrogen and oxygen atoms in total. The molecule has 1 aromatic heterocycles. The average Bonchev–Trinajstić information content (AvgIpc) is 2.18. The lowest BCUT2D eigenvalue weighted by atomic mass is 10.1. The number of rotatable bonds is 2. The standard InChI is InChI=1S/C11H8O4/c12-9-3-4-15-10-2-1-7(5-8(9)10)6-11(13)14/h1-5H,6H2,(H,13,14). The predicted octanol–water partition coefficient (Wildman–Crippen LogP) is 1.42. The van der Waals surface area contributed by atoms with Crippen LogP contribution in [0, 0.1) is 0 Å². The molecule has 0 amide bonds. The Balaban J connectivity index is 2.59. The number of hydrogen-bond donors (Lipinski definition) is 1. The molecule has 0 saturated carbocycles. The third-order valence-corrected chi connectivity index (χ3v) is 2.08. The minimum atomic E-state index is -0.922. The van der Waals surface area contributed by atoms with Gasteiger partial charge in [-0.1, -0.05) is 6.07 Å². The zero-order chi connectivity index (χ0) is 10.8. The van der Waals surface area contributed by atoms with E-state index in [1.54, 1.807) is 18.2 Å². The molecule has 0 aliphatic rings. The maximum Gasteiger partial charge on any atom is 0.307 e. The van der Waals surface area contributed by atoms with Gasteiger partial charge in [0.2, 0.25) is 0 Å². The molecular weight excluding hydrogens is 196 g/mol. The van der Waals surface area contributed by atoms with E-state index in [0.717, 1.165) is 0 Å². The Morgan fingerprint density at radius 3 is 2.87 bits per heavy atom. The van der Waals surface area contributed by atoms with Crippen molar-refractivity contribution in [1.29, 1.82) is 0 Å². The van der Waals surface area contributed by atoms with Crippen molar-refractivity contribution < 1.29 is 14.3 Å². The molecule has 15 heavy (non-hydrogen) atoms.